The predicted octanol–water partition coefficient (Wildman–Crippen LogP) is 3.71. The summed E-state index contributed by atoms with van der Waals surface area (Å²) in [5.41, 5.74) is 1.39. The molecule has 1 heterocycles. The molecule has 6 nitrogen and oxygen atoms in total. The van der Waals surface area contributed by atoms with Crippen molar-refractivity contribution in [2.75, 3.05) is 12.4 Å². The van der Waals surface area contributed by atoms with Crippen molar-refractivity contribution in [1.82, 2.24) is 5.32 Å². The summed E-state index contributed by atoms with van der Waals surface area (Å²) in [7, 11) is 1.60. The highest BCUT2D eigenvalue weighted by Crippen LogP contribution is 2.26. The summed E-state index contributed by atoms with van der Waals surface area (Å²) in [5.74, 6) is 0.304. The lowest BCUT2D eigenvalue weighted by Gasteiger charge is -2.07. The van der Waals surface area contributed by atoms with Crippen molar-refractivity contribution < 1.29 is 14.3 Å². The molecule has 1 atom stereocenters. The standard InChI is InChI=1S/C18H16BrN3O3S/c1-25-14-8-6-13(7-9-14)21-18-22-17(24)15(26-18)10-16(23)20-12-4-2-11(19)3-5-12/h2-9,15H,10H2,1H3,(H,20,23)(H,21,22,24). The van der Waals surface area contributed by atoms with Crippen molar-refractivity contribution in [3.05, 3.63) is 53.0 Å². The minimum absolute atomic E-state index is 0.0776. The van der Waals surface area contributed by atoms with E-state index in [1.807, 2.05) is 12.1 Å². The molecule has 2 N–H and O–H groups in total. The molecule has 3 rings (SSSR count). The van der Waals surface area contributed by atoms with E-state index < -0.39 is 5.25 Å². The second-order valence-electron chi connectivity index (χ2n) is 5.47. The van der Waals surface area contributed by atoms with Crippen LogP contribution in [0.1, 0.15) is 6.42 Å². The van der Waals surface area contributed by atoms with Crippen molar-refractivity contribution in [1.29, 1.82) is 0 Å². The maximum Gasteiger partial charge on any atom is 0.240 e. The number of thioether (sulfide) groups is 1. The Morgan fingerprint density at radius 3 is 2.58 bits per heavy atom. The third kappa shape index (κ3) is 4.86. The van der Waals surface area contributed by atoms with Gasteiger partial charge >= 0.3 is 0 Å². The highest BCUT2D eigenvalue weighted by atomic mass is 79.9. The lowest BCUT2D eigenvalue weighted by molar-refractivity contribution is -0.122. The van der Waals surface area contributed by atoms with Crippen LogP contribution >= 0.6 is 27.7 Å². The maximum absolute atomic E-state index is 12.2. The Morgan fingerprint density at radius 1 is 1.23 bits per heavy atom. The van der Waals surface area contributed by atoms with Crippen LogP contribution in [0.5, 0.6) is 5.75 Å². The number of nitrogens with one attached hydrogen (secondary N) is 2. The fourth-order valence-corrected chi connectivity index (χ4v) is 3.53. The van der Waals surface area contributed by atoms with Gasteiger partial charge in [0.25, 0.3) is 0 Å². The Labute approximate surface area is 163 Å². The fraction of sp³-hybridized carbons (Fsp3) is 0.167. The van der Waals surface area contributed by atoms with E-state index in [1.165, 1.54) is 11.8 Å². The second-order valence-corrected chi connectivity index (χ2v) is 7.58. The molecule has 1 aliphatic rings. The van der Waals surface area contributed by atoms with Gasteiger partial charge in [-0.2, -0.15) is 0 Å². The van der Waals surface area contributed by atoms with Gasteiger partial charge in [-0.05, 0) is 48.5 Å². The van der Waals surface area contributed by atoms with Crippen molar-refractivity contribution in [3.63, 3.8) is 0 Å². The molecule has 1 saturated heterocycles. The van der Waals surface area contributed by atoms with Gasteiger partial charge in [-0.3, -0.25) is 9.59 Å². The lowest BCUT2D eigenvalue weighted by Crippen LogP contribution is -2.28. The van der Waals surface area contributed by atoms with Gasteiger partial charge in [0.1, 0.15) is 11.0 Å². The van der Waals surface area contributed by atoms with Crippen molar-refractivity contribution >= 4 is 56.0 Å². The Bertz CT molecular complexity index is 838. The number of nitrogens with zero attached hydrogens (tertiary/aromatic N) is 1. The Balaban J connectivity index is 1.59. The van der Waals surface area contributed by atoms with E-state index in [9.17, 15) is 9.59 Å². The van der Waals surface area contributed by atoms with Crippen LogP contribution in [0.25, 0.3) is 0 Å². The molecule has 2 aromatic rings. The smallest absolute Gasteiger partial charge is 0.240 e. The number of hydrogen-bond acceptors (Lipinski definition) is 5. The van der Waals surface area contributed by atoms with Gasteiger partial charge in [-0.15, -0.1) is 0 Å². The number of aliphatic imine (C=N–C) groups is 1. The number of ether oxygens (including phenoxy) is 1. The van der Waals surface area contributed by atoms with Crippen LogP contribution in [-0.4, -0.2) is 29.3 Å². The minimum Gasteiger partial charge on any atom is -0.497 e. The summed E-state index contributed by atoms with van der Waals surface area (Å²) >= 11 is 4.60. The number of hydrogen-bond donors (Lipinski definition) is 2. The molecule has 0 radical (unpaired) electrons. The van der Waals surface area contributed by atoms with Crippen LogP contribution in [0, 0.1) is 0 Å². The third-order valence-electron chi connectivity index (χ3n) is 3.58. The van der Waals surface area contributed by atoms with E-state index in [-0.39, 0.29) is 18.2 Å². The molecule has 1 fully saturated rings. The summed E-state index contributed by atoms with van der Waals surface area (Å²) < 4.78 is 6.03. The molecule has 0 aliphatic carbocycles. The van der Waals surface area contributed by atoms with E-state index in [0.717, 1.165) is 10.2 Å². The highest BCUT2D eigenvalue weighted by molar-refractivity contribution is 9.10. The quantitative estimate of drug-likeness (QED) is 0.752. The highest BCUT2D eigenvalue weighted by Gasteiger charge is 2.32. The number of halogens is 1. The van der Waals surface area contributed by atoms with Gasteiger partial charge in [0.2, 0.25) is 11.8 Å². The number of benzene rings is 2. The first-order valence-corrected chi connectivity index (χ1v) is 9.46. The monoisotopic (exact) mass is 433 g/mol. The summed E-state index contributed by atoms with van der Waals surface area (Å²) in [6, 6.07) is 14.4. The molecule has 134 valence electrons. The number of anilines is 1. The summed E-state index contributed by atoms with van der Waals surface area (Å²) in [5, 5.41) is 5.49. The minimum atomic E-state index is -0.498. The fourth-order valence-electron chi connectivity index (χ4n) is 2.28. The molecule has 8 heteroatoms. The topological polar surface area (TPSA) is 79.8 Å². The van der Waals surface area contributed by atoms with E-state index in [1.54, 1.807) is 43.5 Å². The van der Waals surface area contributed by atoms with Gasteiger partial charge in [0.15, 0.2) is 5.17 Å². The zero-order valence-corrected chi connectivity index (χ0v) is 16.3. The average molecular weight is 434 g/mol. The third-order valence-corrected chi connectivity index (χ3v) is 5.19. The number of amidine groups is 1. The van der Waals surface area contributed by atoms with Gasteiger partial charge in [0, 0.05) is 16.6 Å². The number of amides is 2. The van der Waals surface area contributed by atoms with Gasteiger partial charge in [0.05, 0.1) is 12.8 Å². The van der Waals surface area contributed by atoms with Crippen molar-refractivity contribution in [2.45, 2.75) is 11.7 Å². The molecule has 26 heavy (non-hydrogen) atoms. The first-order valence-electron chi connectivity index (χ1n) is 7.79. The van der Waals surface area contributed by atoms with E-state index in [2.05, 4.69) is 31.6 Å². The second kappa shape index (κ2) is 8.37. The molecule has 1 aliphatic heterocycles. The summed E-state index contributed by atoms with van der Waals surface area (Å²) in [6.07, 6.45) is 0.0776. The van der Waals surface area contributed by atoms with Crippen LogP contribution < -0.4 is 15.4 Å². The Kier molecular flexibility index (Phi) is 5.95. The predicted molar refractivity (Wildman–Crippen MR) is 107 cm³/mol. The van der Waals surface area contributed by atoms with E-state index in [0.29, 0.717) is 16.5 Å². The molecule has 0 saturated carbocycles. The van der Waals surface area contributed by atoms with Crippen LogP contribution in [0.4, 0.5) is 11.4 Å². The average Bonchev–Trinajstić information content (AvgIpc) is 2.96. The number of carbonyl (C=O) groups excluding carboxylic acids is 2. The van der Waals surface area contributed by atoms with Gasteiger partial charge < -0.3 is 15.4 Å². The van der Waals surface area contributed by atoms with Gasteiger partial charge in [-0.1, -0.05) is 27.7 Å². The summed E-state index contributed by atoms with van der Waals surface area (Å²) in [6.45, 7) is 0. The van der Waals surface area contributed by atoms with Crippen molar-refractivity contribution in [2.24, 2.45) is 4.99 Å². The Morgan fingerprint density at radius 2 is 1.92 bits per heavy atom. The van der Waals surface area contributed by atoms with E-state index >= 15 is 0 Å². The lowest BCUT2D eigenvalue weighted by atomic mass is 10.2. The largest absolute Gasteiger partial charge is 0.497 e. The molecule has 2 amide bonds. The zero-order valence-electron chi connectivity index (χ0n) is 13.9. The zero-order chi connectivity index (χ0) is 18.5. The molecular weight excluding hydrogens is 418 g/mol. The molecule has 0 spiro atoms. The van der Waals surface area contributed by atoms with Gasteiger partial charge in [-0.25, -0.2) is 4.99 Å². The maximum atomic E-state index is 12.2. The van der Waals surface area contributed by atoms with Crippen LogP contribution in [0.3, 0.4) is 0 Å². The van der Waals surface area contributed by atoms with Crippen molar-refractivity contribution in [3.8, 4) is 5.75 Å². The normalized spacial score (nSPS) is 17.8. The molecule has 2 aromatic carbocycles. The Hall–Kier alpha value is -2.32. The molecule has 0 bridgehead atoms. The van der Waals surface area contributed by atoms with Crippen LogP contribution in [-0.2, 0) is 9.59 Å². The number of methoxy groups -OCH3 is 1. The number of rotatable bonds is 5. The number of carbonyl (C=O) groups is 2. The molecule has 1 unspecified atom stereocenters. The first-order chi connectivity index (χ1) is 12.5. The molecular formula is C18H16BrN3O3S. The van der Waals surface area contributed by atoms with Crippen LogP contribution in [0.15, 0.2) is 58.0 Å². The SMILES string of the molecule is COc1ccc(N=C2NC(=O)C(CC(=O)Nc3ccc(Br)cc3)S2)cc1. The first kappa shape index (κ1) is 18.5. The summed E-state index contributed by atoms with van der Waals surface area (Å²) in [4.78, 5) is 28.6. The van der Waals surface area contributed by atoms with E-state index in [4.69, 9.17) is 4.74 Å². The molecule has 0 aromatic heterocycles. The van der Waals surface area contributed by atoms with Crippen LogP contribution in [0.2, 0.25) is 0 Å².